The summed E-state index contributed by atoms with van der Waals surface area (Å²) in [5, 5.41) is 3.30. The molecular weight excluding hydrogens is 231 g/mol. The number of halogens is 1. The summed E-state index contributed by atoms with van der Waals surface area (Å²) in [6.07, 6.45) is 0.981. The van der Waals surface area contributed by atoms with E-state index in [-0.39, 0.29) is 5.82 Å². The second-order valence-corrected chi connectivity index (χ2v) is 4.81. The quantitative estimate of drug-likeness (QED) is 0.817. The molecule has 0 aliphatic rings. The van der Waals surface area contributed by atoms with E-state index >= 15 is 0 Å². The van der Waals surface area contributed by atoms with Crippen molar-refractivity contribution >= 4 is 5.91 Å². The van der Waals surface area contributed by atoms with E-state index in [0.29, 0.717) is 29.6 Å². The fraction of sp³-hybridized carbons (Fsp3) is 0.500. The van der Waals surface area contributed by atoms with E-state index in [1.807, 2.05) is 0 Å². The number of hydrogen-bond acceptors (Lipinski definition) is 2. The van der Waals surface area contributed by atoms with Gasteiger partial charge in [0.05, 0.1) is 0 Å². The van der Waals surface area contributed by atoms with E-state index in [4.69, 9.17) is 5.73 Å². The van der Waals surface area contributed by atoms with Gasteiger partial charge in [0, 0.05) is 23.7 Å². The maximum atomic E-state index is 13.6. The summed E-state index contributed by atoms with van der Waals surface area (Å²) in [6, 6.07) is 4.54. The zero-order valence-electron chi connectivity index (χ0n) is 11.2. The van der Waals surface area contributed by atoms with Gasteiger partial charge in [-0.2, -0.15) is 0 Å². The van der Waals surface area contributed by atoms with Crippen LogP contribution in [-0.4, -0.2) is 11.9 Å². The number of benzene rings is 1. The lowest BCUT2D eigenvalue weighted by molar-refractivity contribution is 0.1000. The van der Waals surface area contributed by atoms with Crippen LogP contribution in [0.3, 0.4) is 0 Å². The number of amides is 1. The van der Waals surface area contributed by atoms with E-state index in [0.717, 1.165) is 6.42 Å². The summed E-state index contributed by atoms with van der Waals surface area (Å²) in [5.41, 5.74) is 6.00. The fourth-order valence-electron chi connectivity index (χ4n) is 1.96. The molecule has 1 rings (SSSR count). The summed E-state index contributed by atoms with van der Waals surface area (Å²) >= 11 is 0. The Kier molecular flexibility index (Phi) is 5.28. The van der Waals surface area contributed by atoms with Crippen LogP contribution in [0.15, 0.2) is 18.2 Å². The van der Waals surface area contributed by atoms with E-state index in [9.17, 15) is 9.18 Å². The maximum absolute atomic E-state index is 13.6. The first-order valence-electron chi connectivity index (χ1n) is 6.27. The number of carbonyl (C=O) groups excluding carboxylic acids is 1. The van der Waals surface area contributed by atoms with E-state index in [2.05, 4.69) is 26.1 Å². The van der Waals surface area contributed by atoms with E-state index < -0.39 is 5.91 Å². The van der Waals surface area contributed by atoms with Gasteiger partial charge in [0.1, 0.15) is 5.82 Å². The topological polar surface area (TPSA) is 55.1 Å². The van der Waals surface area contributed by atoms with Crippen molar-refractivity contribution in [1.82, 2.24) is 5.32 Å². The van der Waals surface area contributed by atoms with Gasteiger partial charge in [0.2, 0.25) is 5.91 Å². The lowest BCUT2D eigenvalue weighted by Crippen LogP contribution is -2.33. The van der Waals surface area contributed by atoms with Crippen LogP contribution in [0.2, 0.25) is 0 Å². The van der Waals surface area contributed by atoms with Gasteiger partial charge >= 0.3 is 0 Å². The van der Waals surface area contributed by atoms with Crippen molar-refractivity contribution in [1.29, 1.82) is 0 Å². The molecule has 1 unspecified atom stereocenters. The second-order valence-electron chi connectivity index (χ2n) is 4.81. The highest BCUT2D eigenvalue weighted by atomic mass is 19.1. The summed E-state index contributed by atoms with van der Waals surface area (Å²) in [5.74, 6) is -0.365. The molecule has 0 aliphatic carbocycles. The molecule has 0 bridgehead atoms. The van der Waals surface area contributed by atoms with Crippen LogP contribution in [0, 0.1) is 11.7 Å². The average molecular weight is 252 g/mol. The molecule has 1 aromatic rings. The van der Waals surface area contributed by atoms with Gasteiger partial charge in [0.25, 0.3) is 0 Å². The summed E-state index contributed by atoms with van der Waals surface area (Å²) in [4.78, 5) is 11.0. The summed E-state index contributed by atoms with van der Waals surface area (Å²) in [6.45, 7) is 6.74. The molecule has 1 amide bonds. The first-order valence-corrected chi connectivity index (χ1v) is 6.27. The molecule has 0 radical (unpaired) electrons. The maximum Gasteiger partial charge on any atom is 0.248 e. The standard InChI is InChI=1S/C14H21FN2O/c1-4-13(9(2)3)17-8-11-7-10(14(16)18)5-6-12(11)15/h5-7,9,13,17H,4,8H2,1-3H3,(H2,16,18). The molecule has 1 aromatic carbocycles. The Balaban J connectivity index is 2.77. The monoisotopic (exact) mass is 252 g/mol. The fourth-order valence-corrected chi connectivity index (χ4v) is 1.96. The molecule has 0 saturated heterocycles. The van der Waals surface area contributed by atoms with Crippen molar-refractivity contribution in [3.63, 3.8) is 0 Å². The Labute approximate surface area is 108 Å². The lowest BCUT2D eigenvalue weighted by atomic mass is 10.0. The zero-order valence-corrected chi connectivity index (χ0v) is 11.2. The highest BCUT2D eigenvalue weighted by molar-refractivity contribution is 5.92. The second kappa shape index (κ2) is 6.50. The van der Waals surface area contributed by atoms with Gasteiger partial charge in [-0.15, -0.1) is 0 Å². The van der Waals surface area contributed by atoms with Gasteiger partial charge in [-0.25, -0.2) is 4.39 Å². The predicted octanol–water partition coefficient (Wildman–Crippen LogP) is 2.45. The van der Waals surface area contributed by atoms with Crippen LogP contribution in [-0.2, 0) is 6.54 Å². The Morgan fingerprint density at radius 3 is 2.61 bits per heavy atom. The molecule has 1 atom stereocenters. The van der Waals surface area contributed by atoms with Crippen molar-refractivity contribution in [3.05, 3.63) is 35.1 Å². The molecule has 0 fully saturated rings. The normalized spacial score (nSPS) is 12.7. The molecule has 0 saturated carbocycles. The van der Waals surface area contributed by atoms with Crippen LogP contribution in [0.4, 0.5) is 4.39 Å². The number of carbonyl (C=O) groups is 1. The molecule has 0 heterocycles. The summed E-state index contributed by atoms with van der Waals surface area (Å²) in [7, 11) is 0. The van der Waals surface area contributed by atoms with Crippen LogP contribution in [0.5, 0.6) is 0 Å². The molecule has 0 aliphatic heterocycles. The Morgan fingerprint density at radius 2 is 2.11 bits per heavy atom. The number of primary amides is 1. The van der Waals surface area contributed by atoms with Crippen molar-refractivity contribution in [2.24, 2.45) is 11.7 Å². The molecule has 100 valence electrons. The number of nitrogens with one attached hydrogen (secondary N) is 1. The first kappa shape index (κ1) is 14.6. The van der Waals surface area contributed by atoms with Crippen molar-refractivity contribution in [2.75, 3.05) is 0 Å². The molecule has 0 spiro atoms. The molecule has 3 nitrogen and oxygen atoms in total. The molecule has 18 heavy (non-hydrogen) atoms. The molecule has 3 N–H and O–H groups in total. The highest BCUT2D eigenvalue weighted by Gasteiger charge is 2.12. The van der Waals surface area contributed by atoms with Crippen molar-refractivity contribution in [3.8, 4) is 0 Å². The first-order chi connectivity index (χ1) is 8.45. The van der Waals surface area contributed by atoms with Crippen molar-refractivity contribution in [2.45, 2.75) is 39.8 Å². The third-order valence-corrected chi connectivity index (χ3v) is 3.13. The van der Waals surface area contributed by atoms with E-state index in [1.54, 1.807) is 0 Å². The van der Waals surface area contributed by atoms with Crippen LogP contribution in [0.25, 0.3) is 0 Å². The molecule has 4 heteroatoms. The molecule has 0 aromatic heterocycles. The average Bonchev–Trinajstić information content (AvgIpc) is 2.31. The van der Waals surface area contributed by atoms with Crippen LogP contribution in [0.1, 0.15) is 43.1 Å². The number of nitrogens with two attached hydrogens (primary N) is 1. The van der Waals surface area contributed by atoms with Gasteiger partial charge in [-0.1, -0.05) is 20.8 Å². The van der Waals surface area contributed by atoms with E-state index in [1.165, 1.54) is 18.2 Å². The minimum atomic E-state index is -0.535. The van der Waals surface area contributed by atoms with Gasteiger partial charge in [-0.3, -0.25) is 4.79 Å². The van der Waals surface area contributed by atoms with Crippen LogP contribution < -0.4 is 11.1 Å². The predicted molar refractivity (Wildman–Crippen MR) is 70.7 cm³/mol. The highest BCUT2D eigenvalue weighted by Crippen LogP contribution is 2.12. The van der Waals surface area contributed by atoms with Gasteiger partial charge < -0.3 is 11.1 Å². The number of rotatable bonds is 6. The van der Waals surface area contributed by atoms with Crippen LogP contribution >= 0.6 is 0 Å². The SMILES string of the molecule is CCC(NCc1cc(C(N)=O)ccc1F)C(C)C. The number of hydrogen-bond donors (Lipinski definition) is 2. The third kappa shape index (κ3) is 3.81. The minimum Gasteiger partial charge on any atom is -0.366 e. The minimum absolute atomic E-state index is 0.314. The Morgan fingerprint density at radius 1 is 1.44 bits per heavy atom. The smallest absolute Gasteiger partial charge is 0.248 e. The van der Waals surface area contributed by atoms with Gasteiger partial charge in [0.15, 0.2) is 0 Å². The Bertz CT molecular complexity index is 418. The molecular formula is C14H21FN2O. The Hall–Kier alpha value is -1.42. The van der Waals surface area contributed by atoms with Crippen molar-refractivity contribution < 1.29 is 9.18 Å². The third-order valence-electron chi connectivity index (χ3n) is 3.13. The van der Waals surface area contributed by atoms with Gasteiger partial charge in [-0.05, 0) is 30.5 Å². The largest absolute Gasteiger partial charge is 0.366 e. The zero-order chi connectivity index (χ0) is 13.7. The lowest BCUT2D eigenvalue weighted by Gasteiger charge is -2.21. The summed E-state index contributed by atoms with van der Waals surface area (Å²) < 4.78 is 13.6.